The quantitative estimate of drug-likeness (QED) is 0.559. The maximum Gasteiger partial charge on any atom is 0.668 e. The van der Waals surface area contributed by atoms with Crippen molar-refractivity contribution < 1.29 is 14.3 Å². The number of hydrogen-bond acceptors (Lipinski definition) is 2. The van der Waals surface area contributed by atoms with Gasteiger partial charge in [-0.2, -0.15) is 0 Å². The standard InChI is InChI=1S/C6H12BBr2O3/c1-3-5(8)11-7(10)12-6(9)4-2/h5-6H,3-4H2,1-2H3. The molecule has 71 valence electrons. The van der Waals surface area contributed by atoms with E-state index in [1.54, 1.807) is 0 Å². The zero-order valence-corrected chi connectivity index (χ0v) is 10.3. The minimum Gasteiger partial charge on any atom is -0.372 e. The Morgan fingerprint density at radius 3 is 1.75 bits per heavy atom. The normalized spacial score (nSPS) is 15.8. The van der Waals surface area contributed by atoms with Crippen LogP contribution in [-0.2, 0) is 14.3 Å². The van der Waals surface area contributed by atoms with E-state index in [4.69, 9.17) is 9.31 Å². The van der Waals surface area contributed by atoms with Crippen LogP contribution in [-0.4, -0.2) is 17.3 Å². The van der Waals surface area contributed by atoms with Crippen LogP contribution < -0.4 is 0 Å². The van der Waals surface area contributed by atoms with Gasteiger partial charge in [0.25, 0.3) is 0 Å². The maximum atomic E-state index is 11.0. The predicted octanol–water partition coefficient (Wildman–Crippen LogP) is 2.70. The summed E-state index contributed by atoms with van der Waals surface area (Å²) in [6, 6.07) is 0. The zero-order chi connectivity index (χ0) is 9.56. The molecule has 0 bridgehead atoms. The number of rotatable bonds is 6. The monoisotopic (exact) mass is 301 g/mol. The Bertz CT molecular complexity index is 105. The molecule has 0 saturated carbocycles. The van der Waals surface area contributed by atoms with Gasteiger partial charge >= 0.3 is 7.32 Å². The van der Waals surface area contributed by atoms with Crippen LogP contribution in [0.25, 0.3) is 0 Å². The molecule has 0 aromatic carbocycles. The van der Waals surface area contributed by atoms with Gasteiger partial charge in [-0.1, -0.05) is 45.7 Å². The number of halogens is 2. The van der Waals surface area contributed by atoms with Gasteiger partial charge in [-0.25, -0.2) is 5.02 Å². The van der Waals surface area contributed by atoms with E-state index in [9.17, 15) is 5.02 Å². The smallest absolute Gasteiger partial charge is 0.372 e. The molecular weight excluding hydrogens is 291 g/mol. The first-order valence-electron chi connectivity index (χ1n) is 3.85. The molecule has 0 aliphatic rings. The van der Waals surface area contributed by atoms with E-state index in [0.717, 1.165) is 12.8 Å². The summed E-state index contributed by atoms with van der Waals surface area (Å²) in [5.41, 5.74) is 0. The van der Waals surface area contributed by atoms with Crippen LogP contribution in [0, 0.1) is 0 Å². The van der Waals surface area contributed by atoms with Crippen molar-refractivity contribution in [2.24, 2.45) is 0 Å². The molecule has 0 fully saturated rings. The van der Waals surface area contributed by atoms with Crippen molar-refractivity contribution in [3.8, 4) is 0 Å². The van der Waals surface area contributed by atoms with E-state index >= 15 is 0 Å². The van der Waals surface area contributed by atoms with Crippen molar-refractivity contribution in [2.75, 3.05) is 0 Å². The molecule has 0 N–H and O–H groups in total. The molecule has 12 heavy (non-hydrogen) atoms. The molecule has 0 aliphatic heterocycles. The summed E-state index contributed by atoms with van der Waals surface area (Å²) in [5.74, 6) is 0. The Kier molecular flexibility index (Phi) is 7.87. The number of alkyl halides is 2. The van der Waals surface area contributed by atoms with Crippen LogP contribution in [0.2, 0.25) is 0 Å². The van der Waals surface area contributed by atoms with Crippen molar-refractivity contribution in [3.63, 3.8) is 0 Å². The molecular formula is C6H12BBr2O3. The molecule has 0 saturated heterocycles. The summed E-state index contributed by atoms with van der Waals surface area (Å²) in [4.78, 5) is 0. The molecule has 0 rings (SSSR count). The minimum absolute atomic E-state index is 0.225. The van der Waals surface area contributed by atoms with E-state index in [1.807, 2.05) is 13.8 Å². The summed E-state index contributed by atoms with van der Waals surface area (Å²) < 4.78 is 9.76. The van der Waals surface area contributed by atoms with Gasteiger partial charge in [0.15, 0.2) is 0 Å². The molecule has 2 unspecified atom stereocenters. The third-order valence-electron chi connectivity index (χ3n) is 1.16. The van der Waals surface area contributed by atoms with Gasteiger partial charge in [-0.05, 0) is 12.8 Å². The second-order valence-corrected chi connectivity index (χ2v) is 4.24. The van der Waals surface area contributed by atoms with Crippen LogP contribution in [0.3, 0.4) is 0 Å². The molecule has 0 aliphatic carbocycles. The lowest BCUT2D eigenvalue weighted by Gasteiger charge is -2.13. The highest BCUT2D eigenvalue weighted by molar-refractivity contribution is 9.09. The molecule has 0 heterocycles. The first kappa shape index (κ1) is 12.9. The highest BCUT2D eigenvalue weighted by Crippen LogP contribution is 2.12. The van der Waals surface area contributed by atoms with E-state index in [2.05, 4.69) is 31.9 Å². The molecule has 0 amide bonds. The molecule has 0 aromatic rings. The highest BCUT2D eigenvalue weighted by atomic mass is 79.9. The SMILES string of the molecule is CCC(Br)OB([O])OC(Br)CC. The van der Waals surface area contributed by atoms with E-state index in [-0.39, 0.29) is 10.0 Å². The van der Waals surface area contributed by atoms with Gasteiger partial charge in [0.2, 0.25) is 0 Å². The van der Waals surface area contributed by atoms with E-state index in [1.165, 1.54) is 0 Å². The summed E-state index contributed by atoms with van der Waals surface area (Å²) in [6.07, 6.45) is 1.47. The van der Waals surface area contributed by atoms with Crippen LogP contribution in [0.15, 0.2) is 0 Å². The van der Waals surface area contributed by atoms with Crippen molar-refractivity contribution in [1.29, 1.82) is 0 Å². The first-order chi connectivity index (χ1) is 5.60. The summed E-state index contributed by atoms with van der Waals surface area (Å²) in [6.45, 7) is 3.83. The van der Waals surface area contributed by atoms with Crippen LogP contribution in [0.4, 0.5) is 0 Å². The molecule has 6 heteroatoms. The number of hydrogen-bond donors (Lipinski definition) is 0. The second kappa shape index (κ2) is 7.32. The van der Waals surface area contributed by atoms with Crippen molar-refractivity contribution in [1.82, 2.24) is 0 Å². The fourth-order valence-corrected chi connectivity index (χ4v) is 0.818. The van der Waals surface area contributed by atoms with E-state index in [0.29, 0.717) is 0 Å². The molecule has 2 atom stereocenters. The molecule has 3 nitrogen and oxygen atoms in total. The van der Waals surface area contributed by atoms with Crippen molar-refractivity contribution in [3.05, 3.63) is 0 Å². The van der Waals surface area contributed by atoms with Crippen molar-refractivity contribution >= 4 is 39.2 Å². The Hall–Kier alpha value is 0.905. The molecule has 1 radical (unpaired) electrons. The fourth-order valence-electron chi connectivity index (χ4n) is 0.466. The van der Waals surface area contributed by atoms with E-state index < -0.39 is 7.32 Å². The zero-order valence-electron chi connectivity index (χ0n) is 7.13. The first-order valence-corrected chi connectivity index (χ1v) is 5.68. The third-order valence-corrected chi connectivity index (χ3v) is 2.89. The Morgan fingerprint density at radius 2 is 1.50 bits per heavy atom. The third kappa shape index (κ3) is 6.42. The Balaban J connectivity index is 3.51. The molecule has 0 aromatic heterocycles. The summed E-state index contributed by atoms with van der Waals surface area (Å²) >= 11 is 6.34. The highest BCUT2D eigenvalue weighted by Gasteiger charge is 2.24. The lowest BCUT2D eigenvalue weighted by Crippen LogP contribution is -2.27. The van der Waals surface area contributed by atoms with Gasteiger partial charge in [0.1, 0.15) is 10.0 Å². The maximum absolute atomic E-state index is 11.0. The molecule has 0 spiro atoms. The van der Waals surface area contributed by atoms with Crippen LogP contribution >= 0.6 is 31.9 Å². The van der Waals surface area contributed by atoms with Gasteiger partial charge in [0, 0.05) is 0 Å². The van der Waals surface area contributed by atoms with Crippen LogP contribution in [0.1, 0.15) is 26.7 Å². The summed E-state index contributed by atoms with van der Waals surface area (Å²) in [7, 11) is -1.42. The average Bonchev–Trinajstić information content (AvgIpc) is 2.03. The van der Waals surface area contributed by atoms with Gasteiger partial charge < -0.3 is 9.31 Å². The lowest BCUT2D eigenvalue weighted by atomic mass is 10.2. The largest absolute Gasteiger partial charge is 0.668 e. The fraction of sp³-hybridized carbons (Fsp3) is 1.00. The summed E-state index contributed by atoms with van der Waals surface area (Å²) in [5, 5.41) is 10.5. The topological polar surface area (TPSA) is 38.4 Å². The Morgan fingerprint density at radius 1 is 1.17 bits per heavy atom. The minimum atomic E-state index is -1.42. The second-order valence-electron chi connectivity index (χ2n) is 2.20. The predicted molar refractivity (Wildman–Crippen MR) is 54.6 cm³/mol. The lowest BCUT2D eigenvalue weighted by molar-refractivity contribution is 0.0915. The van der Waals surface area contributed by atoms with Gasteiger partial charge in [-0.3, -0.25) is 0 Å². The van der Waals surface area contributed by atoms with Crippen LogP contribution in [0.5, 0.6) is 0 Å². The average molecular weight is 303 g/mol. The van der Waals surface area contributed by atoms with Gasteiger partial charge in [-0.15, -0.1) is 0 Å². The Labute approximate surface area is 90.2 Å². The van der Waals surface area contributed by atoms with Crippen molar-refractivity contribution in [2.45, 2.75) is 36.7 Å². The van der Waals surface area contributed by atoms with Gasteiger partial charge in [0.05, 0.1) is 0 Å².